The molecule has 2 aromatic rings. The maximum Gasteiger partial charge on any atom is 0.268 e. The van der Waals surface area contributed by atoms with Crippen LogP contribution in [0, 0.1) is 5.82 Å². The molecular formula is C23H26FN3O4. The van der Waals surface area contributed by atoms with Crippen molar-refractivity contribution in [2.24, 2.45) is 0 Å². The number of carbonyl (C=O) groups is 2. The summed E-state index contributed by atoms with van der Waals surface area (Å²) >= 11 is 0. The molecule has 31 heavy (non-hydrogen) atoms. The number of pyridine rings is 1. The zero-order valence-electron chi connectivity index (χ0n) is 18.1. The Bertz CT molecular complexity index is 1020. The summed E-state index contributed by atoms with van der Waals surface area (Å²) in [5.41, 5.74) is 0.652. The van der Waals surface area contributed by atoms with E-state index in [1.165, 1.54) is 17.2 Å². The Balaban J connectivity index is 1.52. The topological polar surface area (TPSA) is 72.0 Å². The first-order valence-corrected chi connectivity index (χ1v) is 10.4. The SMILES string of the molecule is CCOc1ccc(O[C@@H]2CCN(c3cc(F)c4c(c3)C(=O)N(C(C)(C)C)C4)C2=O)cn1. The molecule has 8 heteroatoms. The molecule has 1 saturated heterocycles. The van der Waals surface area contributed by atoms with E-state index in [4.69, 9.17) is 9.47 Å². The Labute approximate surface area is 180 Å². The lowest BCUT2D eigenvalue weighted by atomic mass is 10.1. The first-order chi connectivity index (χ1) is 14.7. The molecule has 164 valence electrons. The third-order valence-corrected chi connectivity index (χ3v) is 5.53. The summed E-state index contributed by atoms with van der Waals surface area (Å²) < 4.78 is 25.9. The van der Waals surface area contributed by atoms with Crippen molar-refractivity contribution < 1.29 is 23.5 Å². The number of hydrogen-bond acceptors (Lipinski definition) is 5. The first-order valence-electron chi connectivity index (χ1n) is 10.4. The van der Waals surface area contributed by atoms with Crippen molar-refractivity contribution in [2.45, 2.75) is 52.3 Å². The first kappa shape index (κ1) is 21.1. The van der Waals surface area contributed by atoms with Crippen LogP contribution >= 0.6 is 0 Å². The zero-order valence-corrected chi connectivity index (χ0v) is 18.1. The van der Waals surface area contributed by atoms with E-state index in [2.05, 4.69) is 4.98 Å². The highest BCUT2D eigenvalue weighted by molar-refractivity contribution is 6.03. The molecule has 0 N–H and O–H groups in total. The fourth-order valence-electron chi connectivity index (χ4n) is 3.90. The predicted octanol–water partition coefficient (Wildman–Crippen LogP) is 3.56. The smallest absolute Gasteiger partial charge is 0.268 e. The molecule has 1 fully saturated rings. The fraction of sp³-hybridized carbons (Fsp3) is 0.435. The fourth-order valence-corrected chi connectivity index (χ4v) is 3.90. The molecule has 0 bridgehead atoms. The maximum absolute atomic E-state index is 14.8. The van der Waals surface area contributed by atoms with Crippen LogP contribution in [0.25, 0.3) is 0 Å². The highest BCUT2D eigenvalue weighted by atomic mass is 19.1. The van der Waals surface area contributed by atoms with Gasteiger partial charge in [0.2, 0.25) is 5.88 Å². The number of hydrogen-bond donors (Lipinski definition) is 0. The molecule has 3 heterocycles. The van der Waals surface area contributed by atoms with Crippen molar-refractivity contribution in [1.82, 2.24) is 9.88 Å². The van der Waals surface area contributed by atoms with Gasteiger partial charge in [-0.05, 0) is 45.9 Å². The van der Waals surface area contributed by atoms with Crippen LogP contribution in [0.3, 0.4) is 0 Å². The van der Waals surface area contributed by atoms with Gasteiger partial charge in [0.1, 0.15) is 11.6 Å². The quantitative estimate of drug-likeness (QED) is 0.730. The van der Waals surface area contributed by atoms with Crippen molar-refractivity contribution in [3.05, 3.63) is 47.4 Å². The van der Waals surface area contributed by atoms with Gasteiger partial charge in [0, 0.05) is 41.4 Å². The molecule has 2 aliphatic rings. The molecule has 4 rings (SSSR count). The van der Waals surface area contributed by atoms with Crippen LogP contribution in [0.1, 0.15) is 50.0 Å². The van der Waals surface area contributed by atoms with Crippen LogP contribution in [0.2, 0.25) is 0 Å². The average Bonchev–Trinajstić information content (AvgIpc) is 3.24. The van der Waals surface area contributed by atoms with Crippen molar-refractivity contribution >= 4 is 17.5 Å². The number of amides is 2. The van der Waals surface area contributed by atoms with E-state index < -0.39 is 17.5 Å². The monoisotopic (exact) mass is 427 g/mol. The van der Waals surface area contributed by atoms with Gasteiger partial charge in [-0.2, -0.15) is 0 Å². The second kappa shape index (κ2) is 7.83. The van der Waals surface area contributed by atoms with E-state index in [1.54, 1.807) is 23.1 Å². The number of ether oxygens (including phenoxy) is 2. The second-order valence-corrected chi connectivity index (χ2v) is 8.67. The third kappa shape index (κ3) is 3.94. The Morgan fingerprint density at radius 2 is 2.00 bits per heavy atom. The molecule has 0 radical (unpaired) electrons. The number of carbonyl (C=O) groups excluding carboxylic acids is 2. The Morgan fingerprint density at radius 3 is 2.65 bits per heavy atom. The summed E-state index contributed by atoms with van der Waals surface area (Å²) in [6, 6.07) is 6.32. The summed E-state index contributed by atoms with van der Waals surface area (Å²) in [5, 5.41) is 0. The zero-order chi connectivity index (χ0) is 22.3. The van der Waals surface area contributed by atoms with Gasteiger partial charge in [0.25, 0.3) is 11.8 Å². The summed E-state index contributed by atoms with van der Waals surface area (Å²) in [7, 11) is 0. The minimum Gasteiger partial charge on any atom is -0.479 e. The number of rotatable bonds is 5. The van der Waals surface area contributed by atoms with Crippen molar-refractivity contribution in [1.29, 1.82) is 0 Å². The van der Waals surface area contributed by atoms with E-state index in [9.17, 15) is 14.0 Å². The maximum atomic E-state index is 14.8. The minimum absolute atomic E-state index is 0.219. The van der Waals surface area contributed by atoms with E-state index in [-0.39, 0.29) is 18.4 Å². The number of benzene rings is 1. The molecule has 0 aliphatic carbocycles. The summed E-state index contributed by atoms with van der Waals surface area (Å²) in [4.78, 5) is 33.0. The standard InChI is InChI=1S/C23H26FN3O4/c1-5-30-20-7-6-15(12-25-20)31-19-8-9-26(22(19)29)14-10-16-17(18(24)11-14)13-27(21(16)28)23(2,3)4/h6-7,10-12,19H,5,8-9,13H2,1-4H3/t19-/m1/s1. The Kier molecular flexibility index (Phi) is 5.33. The normalized spacial score (nSPS) is 18.5. The molecule has 2 aliphatic heterocycles. The molecule has 1 atom stereocenters. The highest BCUT2D eigenvalue weighted by Gasteiger charge is 2.39. The molecular weight excluding hydrogens is 401 g/mol. The van der Waals surface area contributed by atoms with E-state index >= 15 is 0 Å². The molecule has 0 spiro atoms. The molecule has 1 aromatic carbocycles. The molecule has 1 aromatic heterocycles. The van der Waals surface area contributed by atoms with Gasteiger partial charge in [-0.15, -0.1) is 0 Å². The van der Waals surface area contributed by atoms with Crippen molar-refractivity contribution in [2.75, 3.05) is 18.1 Å². The largest absolute Gasteiger partial charge is 0.479 e. The highest BCUT2D eigenvalue weighted by Crippen LogP contribution is 2.35. The lowest BCUT2D eigenvalue weighted by Gasteiger charge is -2.31. The molecule has 7 nitrogen and oxygen atoms in total. The number of aromatic nitrogens is 1. The molecule has 0 unspecified atom stereocenters. The van der Waals surface area contributed by atoms with Gasteiger partial charge in [-0.3, -0.25) is 9.59 Å². The van der Waals surface area contributed by atoms with Gasteiger partial charge in [0.05, 0.1) is 19.3 Å². The van der Waals surface area contributed by atoms with E-state index in [1.807, 2.05) is 27.7 Å². The number of halogens is 1. The van der Waals surface area contributed by atoms with Gasteiger partial charge < -0.3 is 19.3 Å². The van der Waals surface area contributed by atoms with Crippen LogP contribution in [0.4, 0.5) is 10.1 Å². The Morgan fingerprint density at radius 1 is 1.23 bits per heavy atom. The summed E-state index contributed by atoms with van der Waals surface area (Å²) in [5.74, 6) is -0.0217. The van der Waals surface area contributed by atoms with Crippen molar-refractivity contribution in [3.8, 4) is 11.6 Å². The number of fused-ring (bicyclic) bond motifs is 1. The molecule has 2 amide bonds. The van der Waals surface area contributed by atoms with Gasteiger partial charge in [-0.25, -0.2) is 9.37 Å². The third-order valence-electron chi connectivity index (χ3n) is 5.53. The van der Waals surface area contributed by atoms with E-state index in [0.717, 1.165) is 0 Å². The lowest BCUT2D eigenvalue weighted by molar-refractivity contribution is -0.122. The summed E-state index contributed by atoms with van der Waals surface area (Å²) in [6.07, 6.45) is 1.26. The van der Waals surface area contributed by atoms with Gasteiger partial charge in [0.15, 0.2) is 6.10 Å². The van der Waals surface area contributed by atoms with Crippen LogP contribution in [-0.2, 0) is 11.3 Å². The van der Waals surface area contributed by atoms with Crippen LogP contribution in [0.15, 0.2) is 30.5 Å². The predicted molar refractivity (Wildman–Crippen MR) is 113 cm³/mol. The van der Waals surface area contributed by atoms with Gasteiger partial charge in [-0.1, -0.05) is 0 Å². The van der Waals surface area contributed by atoms with Crippen LogP contribution in [0.5, 0.6) is 11.6 Å². The minimum atomic E-state index is -0.696. The van der Waals surface area contributed by atoms with Crippen LogP contribution in [-0.4, -0.2) is 46.5 Å². The van der Waals surface area contributed by atoms with Crippen molar-refractivity contribution in [3.63, 3.8) is 0 Å². The van der Waals surface area contributed by atoms with Crippen LogP contribution < -0.4 is 14.4 Å². The summed E-state index contributed by atoms with van der Waals surface area (Å²) in [6.45, 7) is 8.73. The Hall–Kier alpha value is -3.16. The second-order valence-electron chi connectivity index (χ2n) is 8.67. The van der Waals surface area contributed by atoms with E-state index in [0.29, 0.717) is 48.0 Å². The molecule has 0 saturated carbocycles. The number of anilines is 1. The lowest BCUT2D eigenvalue weighted by Crippen LogP contribution is -2.41. The van der Waals surface area contributed by atoms with Gasteiger partial charge >= 0.3 is 0 Å². The average molecular weight is 427 g/mol. The number of nitrogens with zero attached hydrogens (tertiary/aromatic N) is 3.